The first-order chi connectivity index (χ1) is 25.0. The molecule has 57 heavy (non-hydrogen) atoms. The van der Waals surface area contributed by atoms with Crippen molar-refractivity contribution in [1.29, 1.82) is 0 Å². The van der Waals surface area contributed by atoms with Gasteiger partial charge >= 0.3 is 353 Å². The van der Waals surface area contributed by atoms with Gasteiger partial charge in [0.05, 0.1) is 0 Å². The Bertz CT molecular complexity index is 1980. The standard InChI is InChI=1S/2C26H35Si.2ClH.Hf/c2*1-25(2,3)22-14-21(15-23(17-22)26(4,5)6)19-12-18-10-11-24(27(7,8)9)16-20(18)13-19;;;/h2*10-17H,1-9H3;2*1H;/q;;;;+2/p-2. The van der Waals surface area contributed by atoms with Crippen LogP contribution in [0.4, 0.5) is 0 Å². The molecule has 0 N–H and O–H groups in total. The number of fused-ring (bicyclic) bond motifs is 2. The van der Waals surface area contributed by atoms with E-state index in [-0.39, 0.29) is 46.5 Å². The fraction of sp³-hybridized carbons (Fsp3) is 0.462. The third-order valence-corrected chi connectivity index (χ3v) is 23.1. The number of benzene rings is 4. The van der Waals surface area contributed by atoms with Gasteiger partial charge in [0, 0.05) is 0 Å². The van der Waals surface area contributed by atoms with E-state index in [0.29, 0.717) is 7.35 Å². The first-order valence-corrected chi connectivity index (χ1v) is 32.0. The minimum atomic E-state index is -1.58. The molecule has 0 spiro atoms. The Morgan fingerprint density at radius 3 is 0.930 bits per heavy atom. The predicted molar refractivity (Wildman–Crippen MR) is 248 cm³/mol. The summed E-state index contributed by atoms with van der Waals surface area (Å²) in [5, 5.41) is 3.13. The van der Waals surface area contributed by atoms with Crippen LogP contribution >= 0.6 is 0 Å². The minimum absolute atomic E-state index is 0. The Balaban J connectivity index is 0.00000360. The van der Waals surface area contributed by atoms with Crippen LogP contribution in [0.15, 0.2) is 72.8 Å². The van der Waals surface area contributed by atoms with Crippen LogP contribution in [0.3, 0.4) is 0 Å². The molecule has 2 atom stereocenters. The molecule has 4 aromatic rings. The summed E-state index contributed by atoms with van der Waals surface area (Å²) < 4.78 is 0.968. The molecule has 2 aliphatic rings. The largest absolute Gasteiger partial charge is 1.00 e. The Labute approximate surface area is 374 Å². The second kappa shape index (κ2) is 16.3. The zero-order valence-corrected chi connectivity index (χ0v) is 45.6. The topological polar surface area (TPSA) is 0 Å². The molecule has 0 fully saturated rings. The van der Waals surface area contributed by atoms with Crippen LogP contribution in [0.25, 0.3) is 23.3 Å². The van der Waals surface area contributed by atoms with Gasteiger partial charge in [-0.15, -0.1) is 0 Å². The van der Waals surface area contributed by atoms with E-state index < -0.39 is 39.1 Å². The van der Waals surface area contributed by atoms with Crippen molar-refractivity contribution in [1.82, 2.24) is 0 Å². The number of halogens is 2. The molecule has 4 aromatic carbocycles. The van der Waals surface area contributed by atoms with Gasteiger partial charge in [-0.05, 0) is 0 Å². The van der Waals surface area contributed by atoms with Gasteiger partial charge in [-0.3, -0.25) is 0 Å². The smallest absolute Gasteiger partial charge is 1.00 e. The molecular weight excluding hydrogens is 930 g/mol. The van der Waals surface area contributed by atoms with Crippen molar-refractivity contribution in [2.24, 2.45) is 0 Å². The molecule has 0 heterocycles. The van der Waals surface area contributed by atoms with Crippen LogP contribution in [-0.4, -0.2) is 16.1 Å². The predicted octanol–water partition coefficient (Wildman–Crippen LogP) is 7.95. The molecule has 5 heteroatoms. The molecule has 2 aliphatic carbocycles. The average molecular weight is 1000 g/mol. The van der Waals surface area contributed by atoms with Crippen LogP contribution in [0.2, 0.25) is 39.3 Å². The first-order valence-electron chi connectivity index (χ1n) is 20.8. The average Bonchev–Trinajstić information content (AvgIpc) is 3.59. The summed E-state index contributed by atoms with van der Waals surface area (Å²) in [6.07, 6.45) is 5.27. The molecule has 0 saturated heterocycles. The van der Waals surface area contributed by atoms with Gasteiger partial charge in [0.25, 0.3) is 0 Å². The summed E-state index contributed by atoms with van der Waals surface area (Å²) in [4.78, 5) is 0. The normalized spacial score (nSPS) is 17.2. The summed E-state index contributed by atoms with van der Waals surface area (Å²) >= 11 is -1.58. The van der Waals surface area contributed by atoms with E-state index in [0.717, 1.165) is 0 Å². The summed E-state index contributed by atoms with van der Waals surface area (Å²) in [5.74, 6) is 0. The maximum absolute atomic E-state index is 2.64. The second-order valence-electron chi connectivity index (χ2n) is 23.0. The number of hydrogen-bond donors (Lipinski definition) is 0. The SMILES string of the molecule is CC(C)(C)c1cc(C2=Cc3cc([Si](C)(C)C)ccc3[CH]2[Hf+2][CH]2C(c3cc(C(C)(C)C)cc(C(C)(C)C)c3)=Cc3cc([Si](C)(C)C)ccc32)cc(C(C)(C)C)c1.[Cl-].[Cl-]. The fourth-order valence-electron chi connectivity index (χ4n) is 8.04. The Hall–Kier alpha value is -1.76. The second-order valence-corrected chi connectivity index (χ2v) is 38.5. The van der Waals surface area contributed by atoms with E-state index in [9.17, 15) is 0 Å². The number of allylic oxidation sites excluding steroid dienone is 2. The van der Waals surface area contributed by atoms with Crippen LogP contribution in [0, 0.1) is 0 Å². The molecule has 0 bridgehead atoms. The van der Waals surface area contributed by atoms with Crippen molar-refractivity contribution in [3.63, 3.8) is 0 Å². The monoisotopic (exact) mass is 1000 g/mol. The maximum atomic E-state index is 2.64. The molecule has 2 unspecified atom stereocenters. The molecule has 6 rings (SSSR count). The van der Waals surface area contributed by atoms with Gasteiger partial charge in [-0.1, -0.05) is 0 Å². The van der Waals surface area contributed by atoms with Crippen molar-refractivity contribution in [2.75, 3.05) is 0 Å². The molecular formula is C52H70Cl2HfSi2. The van der Waals surface area contributed by atoms with E-state index in [2.05, 4.69) is 207 Å². The Kier molecular flexibility index (Phi) is 13.7. The minimum Gasteiger partial charge on any atom is -1.00 e. The van der Waals surface area contributed by atoms with Crippen LogP contribution in [0.5, 0.6) is 0 Å². The van der Waals surface area contributed by atoms with Gasteiger partial charge in [0.1, 0.15) is 0 Å². The summed E-state index contributed by atoms with van der Waals surface area (Å²) in [6, 6.07) is 30.5. The molecule has 0 saturated carbocycles. The fourth-order valence-corrected chi connectivity index (χ4v) is 17.8. The summed E-state index contributed by atoms with van der Waals surface area (Å²) in [6.45, 7) is 43.5. The van der Waals surface area contributed by atoms with Crippen molar-refractivity contribution in [2.45, 2.75) is 151 Å². The number of hydrogen-bond acceptors (Lipinski definition) is 0. The van der Waals surface area contributed by atoms with Crippen molar-refractivity contribution in [3.8, 4) is 0 Å². The first kappa shape index (κ1) is 47.9. The van der Waals surface area contributed by atoms with E-state index in [1.807, 2.05) is 0 Å². The van der Waals surface area contributed by atoms with Crippen molar-refractivity contribution >= 4 is 49.8 Å². The van der Waals surface area contributed by atoms with Crippen LogP contribution < -0.4 is 35.2 Å². The van der Waals surface area contributed by atoms with Gasteiger partial charge in [0.2, 0.25) is 0 Å². The Morgan fingerprint density at radius 2 is 0.684 bits per heavy atom. The number of rotatable bonds is 6. The third kappa shape index (κ3) is 10.2. The van der Waals surface area contributed by atoms with E-state index in [4.69, 9.17) is 0 Å². The van der Waals surface area contributed by atoms with Crippen molar-refractivity contribution < 1.29 is 47.7 Å². The van der Waals surface area contributed by atoms with Gasteiger partial charge < -0.3 is 24.8 Å². The van der Waals surface area contributed by atoms with Gasteiger partial charge in [0.15, 0.2) is 0 Å². The molecule has 0 radical (unpaired) electrons. The van der Waals surface area contributed by atoms with Crippen LogP contribution in [-0.2, 0) is 44.6 Å². The van der Waals surface area contributed by atoms with E-state index >= 15 is 0 Å². The zero-order valence-electron chi connectivity index (χ0n) is 38.5. The maximum Gasteiger partial charge on any atom is -1.00 e. The zero-order chi connectivity index (χ0) is 40.8. The van der Waals surface area contributed by atoms with E-state index in [1.54, 1.807) is 32.6 Å². The molecule has 0 nitrogen and oxygen atoms in total. The molecule has 0 aliphatic heterocycles. The van der Waals surface area contributed by atoms with Gasteiger partial charge in [-0.2, -0.15) is 0 Å². The molecule has 0 aromatic heterocycles. The third-order valence-electron chi connectivity index (χ3n) is 12.1. The molecule has 0 amide bonds. The van der Waals surface area contributed by atoms with Gasteiger partial charge in [-0.25, -0.2) is 0 Å². The Morgan fingerprint density at radius 1 is 0.404 bits per heavy atom. The molecule has 304 valence electrons. The van der Waals surface area contributed by atoms with Crippen molar-refractivity contribution in [3.05, 3.63) is 128 Å². The quantitative estimate of drug-likeness (QED) is 0.172. The summed E-state index contributed by atoms with van der Waals surface area (Å²) in [5.41, 5.74) is 18.2. The van der Waals surface area contributed by atoms with E-state index in [1.165, 1.54) is 44.5 Å². The summed E-state index contributed by atoms with van der Waals surface area (Å²) in [7, 11) is -2.97. The van der Waals surface area contributed by atoms with Crippen LogP contribution in [0.1, 0.15) is 146 Å².